The molecule has 4 rings (SSSR count). The number of aliphatic hydroxyl groups excluding tert-OH is 1. The van der Waals surface area contributed by atoms with Crippen LogP contribution in [0.25, 0.3) is 17.2 Å². The molecule has 7 heteroatoms. The van der Waals surface area contributed by atoms with E-state index in [9.17, 15) is 0 Å². The molecule has 6 nitrogen and oxygen atoms in total. The topological polar surface area (TPSA) is 72.8 Å². The molecule has 4 aromatic rings. The number of nitrogens with zero attached hydrogens (tertiary/aromatic N) is 3. The number of hydrogen-bond acceptors (Lipinski definition) is 5. The van der Waals surface area contributed by atoms with Crippen LogP contribution in [-0.2, 0) is 13.2 Å². The molecule has 0 aliphatic carbocycles. The highest BCUT2D eigenvalue weighted by Gasteiger charge is 2.17. The normalized spacial score (nSPS) is 11.2. The summed E-state index contributed by atoms with van der Waals surface area (Å²) in [6.07, 6.45) is 0. The highest BCUT2D eigenvalue weighted by molar-refractivity contribution is 6.33. The molecule has 0 fully saturated rings. The first-order chi connectivity index (χ1) is 12.7. The Labute approximate surface area is 154 Å². The third-order valence-corrected chi connectivity index (χ3v) is 4.43. The number of rotatable bonds is 5. The predicted octanol–water partition coefficient (Wildman–Crippen LogP) is 4.02. The van der Waals surface area contributed by atoms with Crippen molar-refractivity contribution in [3.8, 4) is 17.1 Å². The molecule has 0 radical (unpaired) electrons. The third-order valence-electron chi connectivity index (χ3n) is 4.10. The lowest BCUT2D eigenvalue weighted by Crippen LogP contribution is -1.98. The lowest BCUT2D eigenvalue weighted by molar-refractivity contribution is 0.270. The average Bonchev–Trinajstić information content (AvgIpc) is 3.20. The van der Waals surface area contributed by atoms with Gasteiger partial charge in [-0.1, -0.05) is 35.9 Å². The first-order valence-corrected chi connectivity index (χ1v) is 8.46. The second-order valence-corrected chi connectivity index (χ2v) is 6.22. The molecule has 0 saturated heterocycles. The number of halogens is 1. The summed E-state index contributed by atoms with van der Waals surface area (Å²) in [5, 5.41) is 14.1. The minimum Gasteiger partial charge on any atom is -0.486 e. The monoisotopic (exact) mass is 369 g/mol. The van der Waals surface area contributed by atoms with Crippen molar-refractivity contribution >= 4 is 17.4 Å². The molecule has 0 aliphatic rings. The summed E-state index contributed by atoms with van der Waals surface area (Å²) in [5.41, 5.74) is 2.41. The van der Waals surface area contributed by atoms with E-state index in [1.165, 1.54) is 0 Å². The van der Waals surface area contributed by atoms with Crippen LogP contribution in [-0.4, -0.2) is 19.7 Å². The Bertz CT molecular complexity index is 1050. The zero-order valence-corrected chi connectivity index (χ0v) is 14.8. The number of aromatic nitrogens is 3. The summed E-state index contributed by atoms with van der Waals surface area (Å²) in [7, 11) is 0. The zero-order chi connectivity index (χ0) is 18.1. The predicted molar refractivity (Wildman–Crippen MR) is 97.1 cm³/mol. The summed E-state index contributed by atoms with van der Waals surface area (Å²) in [4.78, 5) is 4.42. The summed E-state index contributed by atoms with van der Waals surface area (Å²) >= 11 is 6.21. The van der Waals surface area contributed by atoms with E-state index in [-0.39, 0.29) is 13.2 Å². The zero-order valence-electron chi connectivity index (χ0n) is 14.0. The Hall–Kier alpha value is -2.83. The molecule has 26 heavy (non-hydrogen) atoms. The number of ether oxygens (including phenoxy) is 1. The molecule has 2 heterocycles. The van der Waals surface area contributed by atoms with Crippen molar-refractivity contribution in [2.45, 2.75) is 20.1 Å². The molecular weight excluding hydrogens is 354 g/mol. The molecule has 2 aromatic carbocycles. The Morgan fingerprint density at radius 2 is 1.92 bits per heavy atom. The first kappa shape index (κ1) is 16.6. The largest absolute Gasteiger partial charge is 0.486 e. The van der Waals surface area contributed by atoms with Gasteiger partial charge in [0.05, 0.1) is 17.3 Å². The summed E-state index contributed by atoms with van der Waals surface area (Å²) < 4.78 is 13.2. The van der Waals surface area contributed by atoms with Crippen LogP contribution in [0.1, 0.15) is 17.0 Å². The van der Waals surface area contributed by atoms with Crippen molar-refractivity contribution in [2.75, 3.05) is 0 Å². The summed E-state index contributed by atoms with van der Waals surface area (Å²) in [5.74, 6) is 2.26. The van der Waals surface area contributed by atoms with Gasteiger partial charge < -0.3 is 14.3 Å². The Morgan fingerprint density at radius 3 is 2.62 bits per heavy atom. The lowest BCUT2D eigenvalue weighted by atomic mass is 10.2. The van der Waals surface area contributed by atoms with E-state index in [2.05, 4.69) is 10.1 Å². The molecule has 2 aromatic heterocycles. The first-order valence-electron chi connectivity index (χ1n) is 8.08. The lowest BCUT2D eigenvalue weighted by Gasteiger charge is -2.05. The third kappa shape index (κ3) is 3.05. The maximum Gasteiger partial charge on any atom is 0.325 e. The van der Waals surface area contributed by atoms with Crippen LogP contribution in [0.5, 0.6) is 5.75 Å². The fraction of sp³-hybridized carbons (Fsp3) is 0.158. The molecule has 132 valence electrons. The van der Waals surface area contributed by atoms with Gasteiger partial charge in [0.15, 0.2) is 11.6 Å². The van der Waals surface area contributed by atoms with Gasteiger partial charge in [0.2, 0.25) is 0 Å². The van der Waals surface area contributed by atoms with Gasteiger partial charge in [-0.2, -0.15) is 9.50 Å². The summed E-state index contributed by atoms with van der Waals surface area (Å²) in [6, 6.07) is 14.7. The van der Waals surface area contributed by atoms with Gasteiger partial charge in [0.25, 0.3) is 0 Å². The van der Waals surface area contributed by atoms with Crippen molar-refractivity contribution in [1.82, 2.24) is 14.6 Å². The minimum atomic E-state index is 0.00814. The van der Waals surface area contributed by atoms with Crippen LogP contribution < -0.4 is 4.74 Å². The fourth-order valence-electron chi connectivity index (χ4n) is 2.62. The van der Waals surface area contributed by atoms with Crippen molar-refractivity contribution in [2.24, 2.45) is 0 Å². The second-order valence-electron chi connectivity index (χ2n) is 5.81. The number of benzene rings is 2. The Balaban J connectivity index is 1.56. The summed E-state index contributed by atoms with van der Waals surface area (Å²) in [6.45, 7) is 2.17. The molecular formula is C19H16ClN3O3. The molecule has 0 unspecified atom stereocenters. The van der Waals surface area contributed by atoms with E-state index in [0.29, 0.717) is 28.2 Å². The van der Waals surface area contributed by atoms with Crippen LogP contribution in [0, 0.1) is 6.92 Å². The van der Waals surface area contributed by atoms with E-state index >= 15 is 0 Å². The van der Waals surface area contributed by atoms with Crippen LogP contribution >= 0.6 is 11.6 Å². The van der Waals surface area contributed by atoms with Gasteiger partial charge in [-0.25, -0.2) is 0 Å². The van der Waals surface area contributed by atoms with Crippen molar-refractivity contribution in [3.63, 3.8) is 0 Å². The van der Waals surface area contributed by atoms with Crippen LogP contribution in [0.3, 0.4) is 0 Å². The Kier molecular flexibility index (Phi) is 4.36. The molecule has 0 aliphatic heterocycles. The van der Waals surface area contributed by atoms with Gasteiger partial charge >= 0.3 is 5.84 Å². The smallest absolute Gasteiger partial charge is 0.325 e. The highest BCUT2D eigenvalue weighted by atomic mass is 35.5. The van der Waals surface area contributed by atoms with E-state index < -0.39 is 0 Å². The van der Waals surface area contributed by atoms with Crippen LogP contribution in [0.15, 0.2) is 52.9 Å². The molecule has 0 saturated carbocycles. The van der Waals surface area contributed by atoms with Gasteiger partial charge in [0, 0.05) is 5.56 Å². The van der Waals surface area contributed by atoms with E-state index in [1.54, 1.807) is 10.6 Å². The minimum absolute atomic E-state index is 0.00814. The van der Waals surface area contributed by atoms with Gasteiger partial charge in [-0.15, -0.1) is 5.10 Å². The number of fused-ring (bicyclic) bond motifs is 1. The average molecular weight is 370 g/mol. The molecule has 0 atom stereocenters. The van der Waals surface area contributed by atoms with Crippen LogP contribution in [0.4, 0.5) is 0 Å². The van der Waals surface area contributed by atoms with Crippen molar-refractivity contribution in [1.29, 1.82) is 0 Å². The number of aryl methyl sites for hydroxylation is 1. The van der Waals surface area contributed by atoms with Crippen molar-refractivity contribution < 1.29 is 14.3 Å². The molecule has 1 N–H and O–H groups in total. The molecule has 0 amide bonds. The maximum atomic E-state index is 9.07. The van der Waals surface area contributed by atoms with Gasteiger partial charge in [0.1, 0.15) is 12.4 Å². The van der Waals surface area contributed by atoms with Crippen molar-refractivity contribution in [3.05, 3.63) is 70.6 Å². The number of oxazole rings is 1. The van der Waals surface area contributed by atoms with Crippen LogP contribution in [0.2, 0.25) is 5.02 Å². The molecule has 0 spiro atoms. The van der Waals surface area contributed by atoms with Gasteiger partial charge in [-0.3, -0.25) is 0 Å². The SMILES string of the molecule is Cc1c(COc2ccc(CO)cc2)oc2nc(-c3ccccc3Cl)nn12. The molecule has 0 bridgehead atoms. The highest BCUT2D eigenvalue weighted by Crippen LogP contribution is 2.27. The fourth-order valence-corrected chi connectivity index (χ4v) is 2.84. The van der Waals surface area contributed by atoms with E-state index in [1.807, 2.05) is 49.4 Å². The van der Waals surface area contributed by atoms with Gasteiger partial charge in [-0.05, 0) is 36.8 Å². The second kappa shape index (κ2) is 6.82. The van der Waals surface area contributed by atoms with E-state index in [0.717, 1.165) is 16.8 Å². The maximum absolute atomic E-state index is 9.07. The standard InChI is InChI=1S/C19H16ClN3O3/c1-12-17(11-25-14-8-6-13(10-24)7-9-14)26-19-21-18(22-23(12)19)15-4-2-3-5-16(15)20/h2-9,24H,10-11H2,1H3. The quantitative estimate of drug-likeness (QED) is 0.575. The Morgan fingerprint density at radius 1 is 1.15 bits per heavy atom. The van der Waals surface area contributed by atoms with E-state index in [4.69, 9.17) is 25.9 Å². The number of hydrogen-bond donors (Lipinski definition) is 1. The number of aliphatic hydroxyl groups is 1.